The highest BCUT2D eigenvalue weighted by Crippen LogP contribution is 2.35. The molecule has 1 heterocycles. The fourth-order valence-corrected chi connectivity index (χ4v) is 0.987. The maximum atomic E-state index is 12.4. The van der Waals surface area contributed by atoms with Crippen LogP contribution in [0, 0.1) is 0 Å². The van der Waals surface area contributed by atoms with E-state index in [0.717, 1.165) is 13.0 Å². The van der Waals surface area contributed by atoms with Crippen LogP contribution in [0.1, 0.15) is 12.5 Å². The first-order valence-electron chi connectivity index (χ1n) is 3.73. The summed E-state index contributed by atoms with van der Waals surface area (Å²) in [6.45, 7) is 0.975. The van der Waals surface area contributed by atoms with Gasteiger partial charge in [-0.3, -0.25) is 4.79 Å². The van der Waals surface area contributed by atoms with Crippen molar-refractivity contribution in [3.05, 3.63) is 22.8 Å². The summed E-state index contributed by atoms with van der Waals surface area (Å²) in [6, 6.07) is 1.67. The van der Waals surface area contributed by atoms with E-state index >= 15 is 0 Å². The van der Waals surface area contributed by atoms with E-state index in [4.69, 9.17) is 11.6 Å². The second-order valence-corrected chi connectivity index (χ2v) is 2.97. The number of carbonyl (C=O) groups excluding carboxylic acids is 1. The summed E-state index contributed by atoms with van der Waals surface area (Å²) in [6.07, 6.45) is -4.64. The van der Waals surface area contributed by atoms with Gasteiger partial charge < -0.3 is 4.74 Å². The number of hydrogen-bond acceptors (Lipinski definition) is 3. The number of hydrogen-bond donors (Lipinski definition) is 0. The largest absolute Gasteiger partial charge is 0.421 e. The molecule has 0 amide bonds. The van der Waals surface area contributed by atoms with Crippen LogP contribution in [0.4, 0.5) is 13.2 Å². The zero-order valence-corrected chi connectivity index (χ0v) is 8.19. The van der Waals surface area contributed by atoms with Crippen molar-refractivity contribution in [2.45, 2.75) is 13.1 Å². The summed E-state index contributed by atoms with van der Waals surface area (Å²) < 4.78 is 41.4. The first-order valence-corrected chi connectivity index (χ1v) is 4.10. The average Bonchev–Trinajstić information content (AvgIpc) is 1.99. The third kappa shape index (κ3) is 3.09. The standard InChI is InChI=1S/C8H5ClF3NO2/c1-4(14)15-7-5(8(10,11)12)2-3-6(9)13-7/h2-3H,1H3. The monoisotopic (exact) mass is 239 g/mol. The van der Waals surface area contributed by atoms with E-state index in [0.29, 0.717) is 6.07 Å². The van der Waals surface area contributed by atoms with E-state index in [-0.39, 0.29) is 5.15 Å². The Morgan fingerprint density at radius 2 is 2.07 bits per heavy atom. The van der Waals surface area contributed by atoms with Crippen LogP contribution in [0.5, 0.6) is 5.88 Å². The van der Waals surface area contributed by atoms with Gasteiger partial charge in [0, 0.05) is 6.92 Å². The minimum absolute atomic E-state index is 0.181. The van der Waals surface area contributed by atoms with E-state index in [1.54, 1.807) is 0 Å². The molecular formula is C8H5ClF3NO2. The summed E-state index contributed by atoms with van der Waals surface area (Å²) in [4.78, 5) is 13.8. The Labute approximate surface area is 87.8 Å². The van der Waals surface area contributed by atoms with E-state index in [1.165, 1.54) is 0 Å². The number of alkyl halides is 3. The minimum Gasteiger partial charge on any atom is -0.407 e. The maximum absolute atomic E-state index is 12.4. The lowest BCUT2D eigenvalue weighted by molar-refractivity contribution is -0.142. The number of halogens is 4. The molecule has 0 unspecified atom stereocenters. The molecule has 0 aliphatic carbocycles. The molecule has 0 bridgehead atoms. The number of nitrogens with zero attached hydrogens (tertiary/aromatic N) is 1. The molecule has 0 spiro atoms. The zero-order chi connectivity index (χ0) is 11.6. The quantitative estimate of drug-likeness (QED) is 0.559. The van der Waals surface area contributed by atoms with Gasteiger partial charge in [-0.25, -0.2) is 4.98 Å². The van der Waals surface area contributed by atoms with Gasteiger partial charge >= 0.3 is 12.1 Å². The van der Waals surface area contributed by atoms with Gasteiger partial charge in [-0.15, -0.1) is 0 Å². The minimum atomic E-state index is -4.64. The van der Waals surface area contributed by atoms with Gasteiger partial charge in [0.15, 0.2) is 0 Å². The number of rotatable bonds is 1. The summed E-state index contributed by atoms with van der Waals surface area (Å²) in [5, 5.41) is -0.181. The number of aromatic nitrogens is 1. The molecule has 0 N–H and O–H groups in total. The van der Waals surface area contributed by atoms with Gasteiger partial charge in [0.25, 0.3) is 0 Å². The Kier molecular flexibility index (Phi) is 3.18. The Morgan fingerprint density at radius 1 is 1.47 bits per heavy atom. The van der Waals surface area contributed by atoms with Crippen molar-refractivity contribution in [2.75, 3.05) is 0 Å². The van der Waals surface area contributed by atoms with E-state index in [2.05, 4.69) is 9.72 Å². The van der Waals surface area contributed by atoms with Crippen LogP contribution in [-0.2, 0) is 11.0 Å². The topological polar surface area (TPSA) is 39.2 Å². The molecule has 0 aliphatic heterocycles. The molecule has 0 atom stereocenters. The molecular weight excluding hydrogens is 235 g/mol. The van der Waals surface area contributed by atoms with Gasteiger partial charge in [0.2, 0.25) is 5.88 Å². The Hall–Kier alpha value is -1.30. The van der Waals surface area contributed by atoms with Gasteiger partial charge in [-0.1, -0.05) is 11.6 Å². The number of pyridine rings is 1. The molecule has 0 fully saturated rings. The summed E-state index contributed by atoms with van der Waals surface area (Å²) in [5.41, 5.74) is -1.14. The van der Waals surface area contributed by atoms with Crippen molar-refractivity contribution in [1.82, 2.24) is 4.98 Å². The molecule has 3 nitrogen and oxygen atoms in total. The van der Waals surface area contributed by atoms with Crippen LogP contribution in [0.15, 0.2) is 12.1 Å². The molecule has 0 aliphatic rings. The molecule has 82 valence electrons. The van der Waals surface area contributed by atoms with Crippen molar-refractivity contribution in [3.63, 3.8) is 0 Å². The summed E-state index contributed by atoms with van der Waals surface area (Å²) in [5.74, 6) is -1.72. The van der Waals surface area contributed by atoms with Crippen LogP contribution in [0.25, 0.3) is 0 Å². The molecule has 0 radical (unpaired) electrons. The van der Waals surface area contributed by atoms with Crippen molar-refractivity contribution >= 4 is 17.6 Å². The molecule has 7 heteroatoms. The zero-order valence-electron chi connectivity index (χ0n) is 7.43. The Bertz CT molecular complexity index is 392. The van der Waals surface area contributed by atoms with Crippen LogP contribution in [0.2, 0.25) is 5.15 Å². The smallest absolute Gasteiger partial charge is 0.407 e. The summed E-state index contributed by atoms with van der Waals surface area (Å²) in [7, 11) is 0. The van der Waals surface area contributed by atoms with Gasteiger partial charge in [0.05, 0.1) is 0 Å². The van der Waals surface area contributed by atoms with E-state index < -0.39 is 23.6 Å². The van der Waals surface area contributed by atoms with Crippen LogP contribution < -0.4 is 4.74 Å². The van der Waals surface area contributed by atoms with Crippen molar-refractivity contribution in [1.29, 1.82) is 0 Å². The van der Waals surface area contributed by atoms with E-state index in [1.807, 2.05) is 0 Å². The van der Waals surface area contributed by atoms with Crippen LogP contribution in [0.3, 0.4) is 0 Å². The Morgan fingerprint density at radius 3 is 2.53 bits per heavy atom. The average molecular weight is 240 g/mol. The number of esters is 1. The van der Waals surface area contributed by atoms with Gasteiger partial charge in [-0.2, -0.15) is 13.2 Å². The molecule has 0 aromatic carbocycles. The molecule has 15 heavy (non-hydrogen) atoms. The molecule has 1 aromatic heterocycles. The predicted molar refractivity (Wildman–Crippen MR) is 45.6 cm³/mol. The second kappa shape index (κ2) is 4.06. The van der Waals surface area contributed by atoms with Crippen LogP contribution >= 0.6 is 11.6 Å². The van der Waals surface area contributed by atoms with Gasteiger partial charge in [-0.05, 0) is 12.1 Å². The normalized spacial score (nSPS) is 11.3. The van der Waals surface area contributed by atoms with Crippen LogP contribution in [-0.4, -0.2) is 11.0 Å². The lowest BCUT2D eigenvalue weighted by atomic mass is 10.2. The fraction of sp³-hybridized carbons (Fsp3) is 0.250. The van der Waals surface area contributed by atoms with Gasteiger partial charge in [0.1, 0.15) is 10.7 Å². The lowest BCUT2D eigenvalue weighted by Crippen LogP contribution is -2.12. The Balaban J connectivity index is 3.20. The third-order valence-electron chi connectivity index (χ3n) is 1.37. The highest BCUT2D eigenvalue weighted by atomic mass is 35.5. The van der Waals surface area contributed by atoms with Crippen molar-refractivity contribution in [3.8, 4) is 5.88 Å². The maximum Gasteiger partial charge on any atom is 0.421 e. The highest BCUT2D eigenvalue weighted by Gasteiger charge is 2.35. The SMILES string of the molecule is CC(=O)Oc1nc(Cl)ccc1C(F)(F)F. The number of carbonyl (C=O) groups is 1. The summed E-state index contributed by atoms with van der Waals surface area (Å²) >= 11 is 5.38. The highest BCUT2D eigenvalue weighted by molar-refractivity contribution is 6.29. The second-order valence-electron chi connectivity index (χ2n) is 2.58. The molecule has 0 saturated heterocycles. The number of ether oxygens (including phenoxy) is 1. The third-order valence-corrected chi connectivity index (χ3v) is 1.58. The van der Waals surface area contributed by atoms with Crippen molar-refractivity contribution < 1.29 is 22.7 Å². The first-order chi connectivity index (χ1) is 6.80. The first kappa shape index (κ1) is 11.8. The van der Waals surface area contributed by atoms with Crippen molar-refractivity contribution in [2.24, 2.45) is 0 Å². The molecule has 0 saturated carbocycles. The van der Waals surface area contributed by atoms with E-state index in [9.17, 15) is 18.0 Å². The fourth-order valence-electron chi connectivity index (χ4n) is 0.848. The lowest BCUT2D eigenvalue weighted by Gasteiger charge is -2.10. The molecule has 1 rings (SSSR count). The molecule has 1 aromatic rings. The predicted octanol–water partition coefficient (Wildman–Crippen LogP) is 2.68.